The van der Waals surface area contributed by atoms with Gasteiger partial charge in [0.15, 0.2) is 0 Å². The van der Waals surface area contributed by atoms with Gasteiger partial charge in [-0.3, -0.25) is 14.9 Å². The molecule has 0 unspecified atom stereocenters. The van der Waals surface area contributed by atoms with E-state index in [4.69, 9.17) is 0 Å². The van der Waals surface area contributed by atoms with Gasteiger partial charge in [-0.05, 0) is 57.2 Å². The first-order valence-electron chi connectivity index (χ1n) is 13.1. The third-order valence-electron chi connectivity index (χ3n) is 4.77. The Balaban J connectivity index is 0. The van der Waals surface area contributed by atoms with E-state index in [0.29, 0.717) is 11.3 Å². The third-order valence-corrected chi connectivity index (χ3v) is 4.77. The summed E-state index contributed by atoms with van der Waals surface area (Å²) < 4.78 is 0. The molecule has 0 atom stereocenters. The smallest absolute Gasteiger partial charge is 0.275 e. The summed E-state index contributed by atoms with van der Waals surface area (Å²) in [6.45, 7) is 20.2. The van der Waals surface area contributed by atoms with Gasteiger partial charge in [-0.1, -0.05) is 84.0 Å². The van der Waals surface area contributed by atoms with Crippen LogP contribution in [0.5, 0.6) is 0 Å². The minimum absolute atomic E-state index is 0.258. The monoisotopic (exact) mass is 508 g/mol. The molecule has 0 aromatic heterocycles. The normalized spacial score (nSPS) is 13.2. The van der Waals surface area contributed by atoms with Crippen molar-refractivity contribution in [1.82, 2.24) is 10.6 Å². The lowest BCUT2D eigenvalue weighted by Gasteiger charge is -2.22. The molecule has 37 heavy (non-hydrogen) atoms. The summed E-state index contributed by atoms with van der Waals surface area (Å²) in [4.78, 5) is 30.6. The van der Waals surface area contributed by atoms with E-state index in [2.05, 4.69) is 34.0 Å². The molecule has 0 radical (unpaired) electrons. The van der Waals surface area contributed by atoms with Crippen LogP contribution in [0.1, 0.15) is 68.2 Å². The van der Waals surface area contributed by atoms with Crippen molar-refractivity contribution in [2.24, 2.45) is 4.99 Å². The Morgan fingerprint density at radius 3 is 2.16 bits per heavy atom. The summed E-state index contributed by atoms with van der Waals surface area (Å²) in [5.41, 5.74) is 3.09. The van der Waals surface area contributed by atoms with Crippen molar-refractivity contribution >= 4 is 23.7 Å². The van der Waals surface area contributed by atoms with Gasteiger partial charge in [-0.25, -0.2) is 0 Å². The molecule has 204 valence electrons. The first kappa shape index (κ1) is 35.5. The number of carbonyl (C=O) groups is 2. The standard InChI is InChI=1S/C24H29N3O2.C3H7N.2C2H6/c1-5-8-13-19(7-3)25-22-21(23(28)26-24(22)29)18(4)17-27(16-9-6-2)20-14-11-10-12-15-20;1-3-4-2;2*1-2/h5,7-8,10-15,17H,1,6,9,16H2,2-4H3,(H2,25,26,28,29);3H,1-2H3;2*1-2H3/b13-8-,18-17+,19-7+;;;. The van der Waals surface area contributed by atoms with Gasteiger partial charge in [-0.15, -0.1) is 0 Å². The molecule has 1 heterocycles. The third kappa shape index (κ3) is 13.3. The highest BCUT2D eigenvalue weighted by Crippen LogP contribution is 2.23. The fraction of sp³-hybridized carbons (Fsp3) is 0.387. The molecule has 2 rings (SSSR count). The summed E-state index contributed by atoms with van der Waals surface area (Å²) in [7, 11) is 1.75. The van der Waals surface area contributed by atoms with Gasteiger partial charge in [0, 0.05) is 31.2 Å². The topological polar surface area (TPSA) is 73.8 Å². The van der Waals surface area contributed by atoms with Gasteiger partial charge in [0.05, 0.1) is 5.57 Å². The number of imide groups is 1. The van der Waals surface area contributed by atoms with Gasteiger partial charge in [0.2, 0.25) is 0 Å². The van der Waals surface area contributed by atoms with Crippen molar-refractivity contribution < 1.29 is 9.59 Å². The molecular formula is C31H48N4O2. The first-order chi connectivity index (χ1) is 17.9. The fourth-order valence-electron chi connectivity index (χ4n) is 2.99. The van der Waals surface area contributed by atoms with E-state index in [1.165, 1.54) is 0 Å². The number of unbranched alkanes of at least 4 members (excludes halogenated alkanes) is 1. The predicted octanol–water partition coefficient (Wildman–Crippen LogP) is 7.10. The van der Waals surface area contributed by atoms with Gasteiger partial charge in [0.25, 0.3) is 11.8 Å². The number of carbonyl (C=O) groups excluding carboxylic acids is 2. The SMILES string of the molecule is C=C/C=C\C(=C/C)NC1=C(/C(C)=C/N(CCCC)c2ccccc2)C(=O)NC1=O.CC.CC.CC=NC. The Bertz CT molecular complexity index is 951. The Labute approximate surface area is 225 Å². The fourth-order valence-corrected chi connectivity index (χ4v) is 2.99. The molecule has 0 aliphatic carbocycles. The number of allylic oxidation sites excluding steroid dienone is 4. The number of nitrogens with zero attached hydrogens (tertiary/aromatic N) is 2. The average molecular weight is 509 g/mol. The van der Waals surface area contributed by atoms with Crippen LogP contribution in [-0.2, 0) is 9.59 Å². The van der Waals surface area contributed by atoms with Gasteiger partial charge in [-0.2, -0.15) is 0 Å². The summed E-state index contributed by atoms with van der Waals surface area (Å²) >= 11 is 0. The van der Waals surface area contributed by atoms with Crippen molar-refractivity contribution in [3.63, 3.8) is 0 Å². The Morgan fingerprint density at radius 2 is 1.68 bits per heavy atom. The van der Waals surface area contributed by atoms with Crippen LogP contribution in [0.4, 0.5) is 5.69 Å². The highest BCUT2D eigenvalue weighted by Gasteiger charge is 2.31. The number of nitrogens with one attached hydrogen (secondary N) is 2. The highest BCUT2D eigenvalue weighted by atomic mass is 16.2. The molecule has 0 saturated heterocycles. The predicted molar refractivity (Wildman–Crippen MR) is 162 cm³/mol. The van der Waals surface area contributed by atoms with E-state index in [1.807, 2.05) is 91.1 Å². The number of amides is 2. The number of para-hydroxylation sites is 1. The molecule has 0 bridgehead atoms. The molecule has 6 nitrogen and oxygen atoms in total. The minimum atomic E-state index is -0.427. The lowest BCUT2D eigenvalue weighted by molar-refractivity contribution is -0.124. The van der Waals surface area contributed by atoms with Crippen molar-refractivity contribution in [2.45, 2.75) is 68.2 Å². The number of anilines is 1. The van der Waals surface area contributed by atoms with Crippen LogP contribution in [0.15, 0.2) is 94.9 Å². The molecule has 2 N–H and O–H groups in total. The zero-order chi connectivity index (χ0) is 28.6. The molecule has 1 aromatic carbocycles. The lowest BCUT2D eigenvalue weighted by atomic mass is 10.1. The molecular weight excluding hydrogens is 460 g/mol. The van der Waals surface area contributed by atoms with E-state index in [0.717, 1.165) is 30.6 Å². The zero-order valence-electron chi connectivity index (χ0n) is 24.4. The maximum absolute atomic E-state index is 12.5. The van der Waals surface area contributed by atoms with E-state index in [9.17, 15) is 9.59 Å². The number of hydrogen-bond acceptors (Lipinski definition) is 5. The molecule has 0 spiro atoms. The lowest BCUT2D eigenvalue weighted by Crippen LogP contribution is -2.26. The van der Waals surface area contributed by atoms with Crippen LogP contribution in [-0.4, -0.2) is 31.6 Å². The molecule has 1 aromatic rings. The molecule has 2 amide bonds. The van der Waals surface area contributed by atoms with Crippen LogP contribution in [0.2, 0.25) is 0 Å². The molecule has 0 fully saturated rings. The molecule has 0 saturated carbocycles. The van der Waals surface area contributed by atoms with E-state index < -0.39 is 11.8 Å². The Hall–Kier alpha value is -3.67. The summed E-state index contributed by atoms with van der Waals surface area (Å²) in [5, 5.41) is 5.48. The Morgan fingerprint density at radius 1 is 1.08 bits per heavy atom. The maximum atomic E-state index is 12.5. The van der Waals surface area contributed by atoms with Crippen LogP contribution in [0.25, 0.3) is 0 Å². The van der Waals surface area contributed by atoms with E-state index in [1.54, 1.807) is 31.5 Å². The molecule has 6 heteroatoms. The summed E-state index contributed by atoms with van der Waals surface area (Å²) in [5.74, 6) is -0.818. The van der Waals surface area contributed by atoms with Gasteiger partial charge in [0.1, 0.15) is 5.70 Å². The number of benzene rings is 1. The van der Waals surface area contributed by atoms with Crippen molar-refractivity contribution in [1.29, 1.82) is 0 Å². The number of aliphatic imine (C=N–C) groups is 1. The minimum Gasteiger partial charge on any atom is -0.351 e. The van der Waals surface area contributed by atoms with Gasteiger partial charge >= 0.3 is 0 Å². The second-order valence-electron chi connectivity index (χ2n) is 7.21. The van der Waals surface area contributed by atoms with Crippen LogP contribution >= 0.6 is 0 Å². The highest BCUT2D eigenvalue weighted by molar-refractivity contribution is 6.21. The maximum Gasteiger partial charge on any atom is 0.275 e. The summed E-state index contributed by atoms with van der Waals surface area (Å²) in [6, 6.07) is 10.0. The van der Waals surface area contributed by atoms with Gasteiger partial charge < -0.3 is 15.2 Å². The van der Waals surface area contributed by atoms with Crippen molar-refractivity contribution in [3.8, 4) is 0 Å². The quantitative estimate of drug-likeness (QED) is 0.201. The molecule has 1 aliphatic rings. The number of rotatable bonds is 10. The van der Waals surface area contributed by atoms with Crippen molar-refractivity contribution in [3.05, 3.63) is 90.0 Å². The largest absolute Gasteiger partial charge is 0.351 e. The zero-order valence-corrected chi connectivity index (χ0v) is 24.4. The van der Waals surface area contributed by atoms with Crippen LogP contribution in [0, 0.1) is 0 Å². The van der Waals surface area contributed by atoms with Crippen LogP contribution in [0.3, 0.4) is 0 Å². The molecule has 1 aliphatic heterocycles. The second-order valence-corrected chi connectivity index (χ2v) is 7.21. The van der Waals surface area contributed by atoms with E-state index >= 15 is 0 Å². The number of hydrogen-bond donors (Lipinski definition) is 2. The average Bonchev–Trinajstić information content (AvgIpc) is 3.23. The second kappa shape index (κ2) is 22.8. The van der Waals surface area contributed by atoms with Crippen molar-refractivity contribution in [2.75, 3.05) is 18.5 Å². The first-order valence-corrected chi connectivity index (χ1v) is 13.1. The Kier molecular flexibility index (Phi) is 21.8. The summed E-state index contributed by atoms with van der Waals surface area (Å²) in [6.07, 6.45) is 12.8. The van der Waals surface area contributed by atoms with E-state index in [-0.39, 0.29) is 5.70 Å². The van der Waals surface area contributed by atoms with Crippen LogP contribution < -0.4 is 15.5 Å².